The van der Waals surface area contributed by atoms with Crippen LogP contribution in [0.5, 0.6) is 0 Å². The number of aromatic nitrogens is 2. The molecule has 0 bridgehead atoms. The summed E-state index contributed by atoms with van der Waals surface area (Å²) in [6.45, 7) is 0. The molecule has 2 aromatic rings. The van der Waals surface area contributed by atoms with E-state index in [9.17, 15) is 0 Å². The lowest BCUT2D eigenvalue weighted by Crippen LogP contribution is -2.36. The fourth-order valence-electron chi connectivity index (χ4n) is 3.63. The Bertz CT molecular complexity index is 803. The largest absolute Gasteiger partial charge is 0.405 e. The molecule has 6 nitrogen and oxygen atoms in total. The van der Waals surface area contributed by atoms with E-state index < -0.39 is 0 Å². The van der Waals surface area contributed by atoms with E-state index in [0.29, 0.717) is 12.1 Å². The first kappa shape index (κ1) is 18.2. The number of nitrogens with one attached hydrogen (secondary N) is 1. The summed E-state index contributed by atoms with van der Waals surface area (Å²) < 4.78 is 0. The van der Waals surface area contributed by atoms with Gasteiger partial charge in [0, 0.05) is 23.7 Å². The third-order valence-electron chi connectivity index (χ3n) is 5.19. The highest BCUT2D eigenvalue weighted by Gasteiger charge is 2.23. The van der Waals surface area contributed by atoms with Crippen LogP contribution in [-0.4, -0.2) is 41.0 Å². The summed E-state index contributed by atoms with van der Waals surface area (Å²) in [5, 5.41) is 4.64. The molecule has 3 rings (SSSR count). The molecule has 0 spiro atoms. The van der Waals surface area contributed by atoms with Crippen LogP contribution in [0.15, 0.2) is 43.0 Å². The van der Waals surface area contributed by atoms with Gasteiger partial charge in [0.05, 0.1) is 5.52 Å². The second-order valence-electron chi connectivity index (χ2n) is 7.05. The van der Waals surface area contributed by atoms with E-state index in [1.165, 1.54) is 19.0 Å². The number of benzene rings is 1. The van der Waals surface area contributed by atoms with Gasteiger partial charge < -0.3 is 21.7 Å². The Hall–Kier alpha value is -2.60. The molecule has 0 atom stereocenters. The lowest BCUT2D eigenvalue weighted by molar-refractivity contribution is 0.221. The van der Waals surface area contributed by atoms with Crippen molar-refractivity contribution in [1.29, 1.82) is 0 Å². The van der Waals surface area contributed by atoms with E-state index in [2.05, 4.69) is 40.3 Å². The number of anilines is 1. The minimum atomic E-state index is 0.446. The molecule has 1 aliphatic carbocycles. The van der Waals surface area contributed by atoms with Gasteiger partial charge >= 0.3 is 0 Å². The molecule has 0 unspecified atom stereocenters. The lowest BCUT2D eigenvalue weighted by atomic mass is 9.90. The quantitative estimate of drug-likeness (QED) is 0.717. The molecule has 1 heterocycles. The lowest BCUT2D eigenvalue weighted by Gasteiger charge is -2.33. The minimum absolute atomic E-state index is 0.446. The molecule has 6 heteroatoms. The molecular weight excluding hydrogens is 324 g/mol. The number of hydrogen-bond acceptors (Lipinski definition) is 6. The zero-order chi connectivity index (χ0) is 18.5. The number of hydrogen-bond donors (Lipinski definition) is 3. The fourth-order valence-corrected chi connectivity index (χ4v) is 3.63. The van der Waals surface area contributed by atoms with Gasteiger partial charge in [0.1, 0.15) is 12.1 Å². The van der Waals surface area contributed by atoms with Gasteiger partial charge in [0.2, 0.25) is 0 Å². The van der Waals surface area contributed by atoms with Crippen molar-refractivity contribution in [3.63, 3.8) is 0 Å². The van der Waals surface area contributed by atoms with Crippen LogP contribution in [0, 0.1) is 0 Å². The van der Waals surface area contributed by atoms with Crippen LogP contribution < -0.4 is 16.8 Å². The van der Waals surface area contributed by atoms with Gasteiger partial charge in [-0.05, 0) is 75.3 Å². The second-order valence-corrected chi connectivity index (χ2v) is 7.05. The second kappa shape index (κ2) is 8.19. The molecule has 0 amide bonds. The summed E-state index contributed by atoms with van der Waals surface area (Å²) in [5.41, 5.74) is 14.0. The van der Waals surface area contributed by atoms with Crippen LogP contribution in [0.25, 0.3) is 16.5 Å². The smallest absolute Gasteiger partial charge is 0.137 e. The summed E-state index contributed by atoms with van der Waals surface area (Å²) in [6.07, 6.45) is 11.2. The number of fused-ring (bicyclic) bond motifs is 1. The molecule has 0 aliphatic heterocycles. The number of rotatable bonds is 5. The first-order chi connectivity index (χ1) is 12.6. The van der Waals surface area contributed by atoms with E-state index in [1.54, 1.807) is 18.6 Å². The summed E-state index contributed by atoms with van der Waals surface area (Å²) in [5.74, 6) is 0.887. The van der Waals surface area contributed by atoms with Gasteiger partial charge in [-0.1, -0.05) is 6.07 Å². The Morgan fingerprint density at radius 2 is 1.92 bits per heavy atom. The average molecular weight is 352 g/mol. The van der Waals surface area contributed by atoms with Crippen LogP contribution >= 0.6 is 0 Å². The standard InChI is InChI=1S/C20H28N6/c1-26(2)17-6-4-16(5-7-17)25-20-18-11-14(15(12-22)9-10-21)3-8-19(18)23-13-24-20/h3,8-13,16-17H,4-7,21-22H2,1-2H3,(H,23,24,25)/b10-9-,15-12+. The first-order valence-electron chi connectivity index (χ1n) is 9.10. The van der Waals surface area contributed by atoms with Crippen molar-refractivity contribution in [3.05, 3.63) is 48.6 Å². The zero-order valence-electron chi connectivity index (χ0n) is 15.5. The molecule has 1 aromatic carbocycles. The number of nitrogens with zero attached hydrogens (tertiary/aromatic N) is 3. The summed E-state index contributed by atoms with van der Waals surface area (Å²) >= 11 is 0. The molecule has 138 valence electrons. The third kappa shape index (κ3) is 3.96. The molecule has 0 radical (unpaired) electrons. The predicted octanol–water partition coefficient (Wildman–Crippen LogP) is 2.69. The van der Waals surface area contributed by atoms with E-state index >= 15 is 0 Å². The van der Waals surface area contributed by atoms with Gasteiger partial charge in [0.25, 0.3) is 0 Å². The summed E-state index contributed by atoms with van der Waals surface area (Å²) in [4.78, 5) is 11.2. The molecule has 1 fully saturated rings. The van der Waals surface area contributed by atoms with Crippen molar-refractivity contribution in [2.45, 2.75) is 37.8 Å². The maximum Gasteiger partial charge on any atom is 0.137 e. The molecule has 1 aliphatic rings. The zero-order valence-corrected chi connectivity index (χ0v) is 15.5. The molecule has 1 saturated carbocycles. The van der Waals surface area contributed by atoms with E-state index in [0.717, 1.165) is 40.7 Å². The Labute approximate surface area is 155 Å². The Balaban J connectivity index is 1.84. The normalized spacial score (nSPS) is 21.6. The fraction of sp³-hybridized carbons (Fsp3) is 0.400. The van der Waals surface area contributed by atoms with Crippen molar-refractivity contribution >= 4 is 22.3 Å². The monoisotopic (exact) mass is 352 g/mol. The van der Waals surface area contributed by atoms with E-state index in [1.807, 2.05) is 12.1 Å². The van der Waals surface area contributed by atoms with Crippen molar-refractivity contribution in [2.24, 2.45) is 11.5 Å². The van der Waals surface area contributed by atoms with E-state index in [-0.39, 0.29) is 0 Å². The molecule has 0 saturated heterocycles. The van der Waals surface area contributed by atoms with Crippen LogP contribution in [0.3, 0.4) is 0 Å². The third-order valence-corrected chi connectivity index (χ3v) is 5.19. The van der Waals surface area contributed by atoms with E-state index in [4.69, 9.17) is 11.5 Å². The summed E-state index contributed by atoms with van der Waals surface area (Å²) in [7, 11) is 4.33. The maximum absolute atomic E-state index is 5.74. The first-order valence-corrected chi connectivity index (χ1v) is 9.10. The highest BCUT2D eigenvalue weighted by molar-refractivity contribution is 5.92. The van der Waals surface area contributed by atoms with Gasteiger partial charge in [-0.2, -0.15) is 0 Å². The maximum atomic E-state index is 5.74. The number of nitrogens with two attached hydrogens (primary N) is 2. The highest BCUT2D eigenvalue weighted by Crippen LogP contribution is 2.28. The van der Waals surface area contributed by atoms with Crippen molar-refractivity contribution < 1.29 is 0 Å². The molecule has 26 heavy (non-hydrogen) atoms. The van der Waals surface area contributed by atoms with Crippen LogP contribution in [0.4, 0.5) is 5.82 Å². The Morgan fingerprint density at radius 3 is 2.58 bits per heavy atom. The molecular formula is C20H28N6. The Morgan fingerprint density at radius 1 is 1.15 bits per heavy atom. The van der Waals surface area contributed by atoms with Gasteiger partial charge in [-0.25, -0.2) is 9.97 Å². The SMILES string of the molecule is CN(C)C1CCC(Nc2ncnc3ccc(C(/C=C\N)=C/N)cc23)CC1. The predicted molar refractivity (Wildman–Crippen MR) is 108 cm³/mol. The van der Waals surface area contributed by atoms with Gasteiger partial charge in [-0.3, -0.25) is 0 Å². The van der Waals surface area contributed by atoms with Crippen molar-refractivity contribution in [1.82, 2.24) is 14.9 Å². The van der Waals surface area contributed by atoms with Crippen LogP contribution in [-0.2, 0) is 0 Å². The topological polar surface area (TPSA) is 93.1 Å². The molecule has 5 N–H and O–H groups in total. The van der Waals surface area contributed by atoms with Crippen LogP contribution in [0.2, 0.25) is 0 Å². The van der Waals surface area contributed by atoms with Gasteiger partial charge in [0.15, 0.2) is 0 Å². The summed E-state index contributed by atoms with van der Waals surface area (Å²) in [6, 6.07) is 7.19. The van der Waals surface area contributed by atoms with Gasteiger partial charge in [-0.15, -0.1) is 0 Å². The molecule has 1 aromatic heterocycles. The van der Waals surface area contributed by atoms with Crippen molar-refractivity contribution in [2.75, 3.05) is 19.4 Å². The van der Waals surface area contributed by atoms with Crippen molar-refractivity contribution in [3.8, 4) is 0 Å². The minimum Gasteiger partial charge on any atom is -0.405 e. The average Bonchev–Trinajstić information content (AvgIpc) is 2.66. The van der Waals surface area contributed by atoms with Crippen LogP contribution in [0.1, 0.15) is 31.2 Å². The highest BCUT2D eigenvalue weighted by atomic mass is 15.1. The Kier molecular flexibility index (Phi) is 5.73. The number of allylic oxidation sites excluding steroid dienone is 2.